The molecule has 0 radical (unpaired) electrons. The number of hydrogen-bond acceptors (Lipinski definition) is 3. The quantitative estimate of drug-likeness (QED) is 0.708. The van der Waals surface area contributed by atoms with E-state index in [0.717, 1.165) is 12.8 Å². The topological polar surface area (TPSA) is 78.4 Å². The summed E-state index contributed by atoms with van der Waals surface area (Å²) >= 11 is 0. The first-order chi connectivity index (χ1) is 8.10. The summed E-state index contributed by atoms with van der Waals surface area (Å²) in [4.78, 5) is 22.1. The molecule has 0 spiro atoms. The molecular weight excluding hydrogens is 232 g/mol. The molecule has 1 heterocycles. The number of nitrogens with one attached hydrogen (secondary N) is 2. The van der Waals surface area contributed by atoms with Crippen molar-refractivity contribution >= 4 is 11.9 Å². The largest absolute Gasteiger partial charge is 0.481 e. The fourth-order valence-corrected chi connectivity index (χ4v) is 2.94. The van der Waals surface area contributed by atoms with Crippen molar-refractivity contribution in [1.29, 1.82) is 0 Å². The molecule has 1 saturated heterocycles. The van der Waals surface area contributed by atoms with E-state index in [0.29, 0.717) is 0 Å². The molecule has 1 amide bonds. The summed E-state index contributed by atoms with van der Waals surface area (Å²) in [6.45, 7) is 8.46. The van der Waals surface area contributed by atoms with Gasteiger partial charge in [-0.05, 0) is 40.5 Å². The van der Waals surface area contributed by atoms with Crippen LogP contribution in [-0.4, -0.2) is 34.1 Å². The molecular formula is C13H24N2O3. The minimum absolute atomic E-state index is 0.0213. The predicted octanol–water partition coefficient (Wildman–Crippen LogP) is 1.28. The molecule has 1 fully saturated rings. The average Bonchev–Trinajstić information content (AvgIpc) is 2.09. The third kappa shape index (κ3) is 5.04. The molecule has 18 heavy (non-hydrogen) atoms. The van der Waals surface area contributed by atoms with Gasteiger partial charge in [0.2, 0.25) is 5.91 Å². The van der Waals surface area contributed by atoms with E-state index in [1.165, 1.54) is 0 Å². The second kappa shape index (κ2) is 5.26. The molecule has 0 aliphatic carbocycles. The van der Waals surface area contributed by atoms with Crippen LogP contribution in [0.2, 0.25) is 0 Å². The van der Waals surface area contributed by atoms with Crippen LogP contribution >= 0.6 is 0 Å². The van der Waals surface area contributed by atoms with E-state index in [4.69, 9.17) is 5.11 Å². The zero-order chi connectivity index (χ0) is 14.0. The average molecular weight is 256 g/mol. The molecule has 0 atom stereocenters. The molecule has 5 nitrogen and oxygen atoms in total. The Labute approximate surface area is 108 Å². The maximum Gasteiger partial charge on any atom is 0.303 e. The highest BCUT2D eigenvalue weighted by atomic mass is 16.4. The number of hydrogen-bond donors (Lipinski definition) is 3. The van der Waals surface area contributed by atoms with Crippen molar-refractivity contribution in [2.24, 2.45) is 0 Å². The summed E-state index contributed by atoms with van der Waals surface area (Å²) in [5.41, 5.74) is -0.0427. The molecule has 1 aliphatic rings. The van der Waals surface area contributed by atoms with Gasteiger partial charge in [-0.3, -0.25) is 9.59 Å². The van der Waals surface area contributed by atoms with E-state index in [1.54, 1.807) is 0 Å². The van der Waals surface area contributed by atoms with Crippen molar-refractivity contribution in [1.82, 2.24) is 10.6 Å². The van der Waals surface area contributed by atoms with Crippen molar-refractivity contribution in [3.63, 3.8) is 0 Å². The number of aliphatic carboxylic acids is 1. The van der Waals surface area contributed by atoms with Crippen LogP contribution in [0.5, 0.6) is 0 Å². The Morgan fingerprint density at radius 3 is 2.11 bits per heavy atom. The van der Waals surface area contributed by atoms with E-state index >= 15 is 0 Å². The Balaban J connectivity index is 2.51. The summed E-state index contributed by atoms with van der Waals surface area (Å²) in [6, 6.07) is 0.109. The van der Waals surface area contributed by atoms with Gasteiger partial charge < -0.3 is 15.7 Å². The molecule has 3 N–H and O–H groups in total. The van der Waals surface area contributed by atoms with Gasteiger partial charge in [-0.15, -0.1) is 0 Å². The molecule has 0 unspecified atom stereocenters. The van der Waals surface area contributed by atoms with Crippen molar-refractivity contribution in [3.8, 4) is 0 Å². The molecule has 0 aromatic carbocycles. The van der Waals surface area contributed by atoms with Gasteiger partial charge in [0.15, 0.2) is 0 Å². The zero-order valence-electron chi connectivity index (χ0n) is 11.7. The summed E-state index contributed by atoms with van der Waals surface area (Å²) in [7, 11) is 0. The van der Waals surface area contributed by atoms with Gasteiger partial charge >= 0.3 is 5.97 Å². The molecule has 1 aliphatic heterocycles. The van der Waals surface area contributed by atoms with Gasteiger partial charge in [-0.2, -0.15) is 0 Å². The fraction of sp³-hybridized carbons (Fsp3) is 0.846. The lowest BCUT2D eigenvalue weighted by molar-refractivity contribution is -0.139. The monoisotopic (exact) mass is 256 g/mol. The van der Waals surface area contributed by atoms with Crippen molar-refractivity contribution in [2.45, 2.75) is 70.5 Å². The number of carboxylic acid groups (broad SMARTS) is 1. The summed E-state index contributed by atoms with van der Waals surface area (Å²) in [6.07, 6.45) is 1.66. The molecule has 0 bridgehead atoms. The maximum atomic E-state index is 11.6. The molecule has 104 valence electrons. The highest BCUT2D eigenvalue weighted by Crippen LogP contribution is 2.28. The van der Waals surface area contributed by atoms with E-state index in [1.807, 2.05) is 0 Å². The van der Waals surface area contributed by atoms with Gasteiger partial charge in [0.1, 0.15) is 0 Å². The smallest absolute Gasteiger partial charge is 0.303 e. The van der Waals surface area contributed by atoms with Crippen LogP contribution in [0.3, 0.4) is 0 Å². The Bertz CT molecular complexity index is 321. The molecule has 0 aromatic rings. The van der Waals surface area contributed by atoms with Crippen LogP contribution in [0.1, 0.15) is 53.4 Å². The molecule has 5 heteroatoms. The number of amides is 1. The number of carbonyl (C=O) groups excluding carboxylic acids is 1. The van der Waals surface area contributed by atoms with Crippen LogP contribution in [-0.2, 0) is 9.59 Å². The van der Waals surface area contributed by atoms with Crippen molar-refractivity contribution < 1.29 is 14.7 Å². The zero-order valence-corrected chi connectivity index (χ0v) is 11.7. The summed E-state index contributed by atoms with van der Waals surface area (Å²) in [5.74, 6) is -1.10. The Morgan fingerprint density at radius 2 is 1.67 bits per heavy atom. The minimum atomic E-state index is -0.934. The van der Waals surface area contributed by atoms with Gasteiger partial charge in [0.25, 0.3) is 0 Å². The number of rotatable bonds is 4. The summed E-state index contributed by atoms with van der Waals surface area (Å²) in [5, 5.41) is 15.0. The van der Waals surface area contributed by atoms with Gasteiger partial charge in [-0.1, -0.05) is 0 Å². The van der Waals surface area contributed by atoms with Crippen LogP contribution in [0.25, 0.3) is 0 Å². The first kappa shape index (κ1) is 15.0. The highest BCUT2D eigenvalue weighted by molar-refractivity contribution is 5.80. The van der Waals surface area contributed by atoms with Gasteiger partial charge in [-0.25, -0.2) is 0 Å². The number of carbonyl (C=O) groups is 2. The maximum absolute atomic E-state index is 11.6. The Kier molecular flexibility index (Phi) is 4.37. The van der Waals surface area contributed by atoms with E-state index in [-0.39, 0.29) is 35.9 Å². The van der Waals surface area contributed by atoms with Crippen LogP contribution in [0.15, 0.2) is 0 Å². The third-order valence-electron chi connectivity index (χ3n) is 3.12. The van der Waals surface area contributed by atoms with E-state index < -0.39 is 5.97 Å². The summed E-state index contributed by atoms with van der Waals surface area (Å²) < 4.78 is 0. The lowest BCUT2D eigenvalue weighted by Crippen LogP contribution is -2.62. The second-order valence-corrected chi connectivity index (χ2v) is 6.46. The van der Waals surface area contributed by atoms with Gasteiger partial charge in [0.05, 0.1) is 6.42 Å². The van der Waals surface area contributed by atoms with Crippen LogP contribution < -0.4 is 10.6 Å². The number of piperidine rings is 1. The van der Waals surface area contributed by atoms with Crippen molar-refractivity contribution in [3.05, 3.63) is 0 Å². The Morgan fingerprint density at radius 1 is 1.17 bits per heavy atom. The third-order valence-corrected chi connectivity index (χ3v) is 3.12. The Hall–Kier alpha value is -1.10. The van der Waals surface area contributed by atoms with Crippen LogP contribution in [0.4, 0.5) is 0 Å². The molecule has 0 aromatic heterocycles. The highest BCUT2D eigenvalue weighted by Gasteiger charge is 2.38. The lowest BCUT2D eigenvalue weighted by Gasteiger charge is -2.46. The standard InChI is InChI=1S/C13H24N2O3/c1-12(2)7-9(8-13(3,4)15-12)14-10(16)5-6-11(17)18/h9,15H,5-8H2,1-4H3,(H,14,16)(H,17,18). The predicted molar refractivity (Wildman–Crippen MR) is 69.3 cm³/mol. The second-order valence-electron chi connectivity index (χ2n) is 6.46. The fourth-order valence-electron chi connectivity index (χ4n) is 2.94. The SMILES string of the molecule is CC1(C)CC(NC(=O)CCC(=O)O)CC(C)(C)N1. The van der Waals surface area contributed by atoms with Crippen molar-refractivity contribution in [2.75, 3.05) is 0 Å². The van der Waals surface area contributed by atoms with Crippen LogP contribution in [0, 0.1) is 0 Å². The van der Waals surface area contributed by atoms with E-state index in [9.17, 15) is 9.59 Å². The normalized spacial score (nSPS) is 22.4. The van der Waals surface area contributed by atoms with E-state index in [2.05, 4.69) is 38.3 Å². The molecule has 1 rings (SSSR count). The first-order valence-electron chi connectivity index (χ1n) is 6.40. The molecule has 0 saturated carbocycles. The first-order valence-corrected chi connectivity index (χ1v) is 6.40. The van der Waals surface area contributed by atoms with Gasteiger partial charge in [0, 0.05) is 23.5 Å². The number of carboxylic acids is 1. The lowest BCUT2D eigenvalue weighted by atomic mass is 9.79. The minimum Gasteiger partial charge on any atom is -0.481 e.